The van der Waals surface area contributed by atoms with Gasteiger partial charge in [0.15, 0.2) is 0 Å². The third kappa shape index (κ3) is 3.08. The van der Waals surface area contributed by atoms with E-state index in [2.05, 4.69) is 9.72 Å². The molecule has 19 heavy (non-hydrogen) atoms. The molecule has 0 bridgehead atoms. The van der Waals surface area contributed by atoms with Crippen LogP contribution in [-0.2, 0) is 17.2 Å². The molecule has 1 aromatic carbocycles. The Labute approximate surface area is 127 Å². The second kappa shape index (κ2) is 5.91. The van der Waals surface area contributed by atoms with Gasteiger partial charge in [0.1, 0.15) is 18.2 Å². The largest absolute Gasteiger partial charge is 0.448 e. The van der Waals surface area contributed by atoms with Gasteiger partial charge >= 0.3 is 6.09 Å². The first kappa shape index (κ1) is 14.3. The Balaban J connectivity index is 2.39. The van der Waals surface area contributed by atoms with E-state index in [1.165, 1.54) is 6.07 Å². The molecule has 0 aliphatic rings. The third-order valence-corrected chi connectivity index (χ3v) is 3.61. The molecule has 0 spiro atoms. The van der Waals surface area contributed by atoms with E-state index >= 15 is 0 Å². The number of aromatic nitrogens is 2. The van der Waals surface area contributed by atoms with Crippen LogP contribution in [0.25, 0.3) is 11.0 Å². The van der Waals surface area contributed by atoms with Crippen molar-refractivity contribution in [2.24, 2.45) is 5.73 Å². The molecule has 2 aromatic rings. The van der Waals surface area contributed by atoms with Gasteiger partial charge in [-0.05, 0) is 28.7 Å². The zero-order valence-corrected chi connectivity index (χ0v) is 12.6. The number of hydrogen-bond acceptors (Lipinski definition) is 3. The Bertz CT molecular complexity index is 632. The summed E-state index contributed by atoms with van der Waals surface area (Å²) < 4.78 is 20.5. The van der Waals surface area contributed by atoms with E-state index in [1.807, 2.05) is 22.6 Å². The van der Waals surface area contributed by atoms with Gasteiger partial charge in [0.25, 0.3) is 0 Å². The third-order valence-electron chi connectivity index (χ3n) is 2.55. The summed E-state index contributed by atoms with van der Waals surface area (Å²) in [6.07, 6.45) is -0.849. The first-order valence-corrected chi connectivity index (χ1v) is 6.96. The van der Waals surface area contributed by atoms with Gasteiger partial charge in [-0.15, -0.1) is 11.6 Å². The molecule has 0 saturated carbocycles. The van der Waals surface area contributed by atoms with Gasteiger partial charge in [-0.25, -0.2) is 14.2 Å². The Morgan fingerprint density at radius 2 is 2.32 bits per heavy atom. The molecule has 102 valence electrons. The van der Waals surface area contributed by atoms with E-state index in [1.54, 1.807) is 10.6 Å². The summed E-state index contributed by atoms with van der Waals surface area (Å²) in [6, 6.07) is 3.04. The zero-order chi connectivity index (χ0) is 14.0. The standard InChI is InChI=1S/C11H10ClFIN3O2/c12-5-10-16-8-4-7(14)6(13)3-9(8)17(10)1-2-19-11(15)18/h3-4H,1-2,5H2,(H2,15,18). The van der Waals surface area contributed by atoms with E-state index in [9.17, 15) is 9.18 Å². The lowest BCUT2D eigenvalue weighted by Gasteiger charge is -2.07. The van der Waals surface area contributed by atoms with E-state index in [-0.39, 0.29) is 18.3 Å². The van der Waals surface area contributed by atoms with Crippen molar-refractivity contribution in [3.8, 4) is 0 Å². The number of halogens is 3. The van der Waals surface area contributed by atoms with Gasteiger partial charge in [0, 0.05) is 6.07 Å². The molecule has 0 aliphatic carbocycles. The molecule has 2 N–H and O–H groups in total. The van der Waals surface area contributed by atoms with Crippen LogP contribution < -0.4 is 5.73 Å². The van der Waals surface area contributed by atoms with E-state index in [4.69, 9.17) is 17.3 Å². The number of amides is 1. The lowest BCUT2D eigenvalue weighted by molar-refractivity contribution is 0.152. The second-order valence-corrected chi connectivity index (χ2v) is 5.17. The molecule has 5 nitrogen and oxygen atoms in total. The molecule has 0 atom stereocenters. The number of primary amides is 1. The van der Waals surface area contributed by atoms with Gasteiger partial charge in [-0.2, -0.15) is 0 Å². The molecule has 1 amide bonds. The normalized spacial score (nSPS) is 10.9. The van der Waals surface area contributed by atoms with Gasteiger partial charge in [0.2, 0.25) is 0 Å². The summed E-state index contributed by atoms with van der Waals surface area (Å²) in [6.45, 7) is 0.403. The van der Waals surface area contributed by atoms with Crippen LogP contribution in [0.1, 0.15) is 5.82 Å². The Kier molecular flexibility index (Phi) is 4.46. The molecule has 1 heterocycles. The topological polar surface area (TPSA) is 70.1 Å². The second-order valence-electron chi connectivity index (χ2n) is 3.74. The highest BCUT2D eigenvalue weighted by Gasteiger charge is 2.13. The number of benzene rings is 1. The number of nitrogens with two attached hydrogens (primary N) is 1. The van der Waals surface area contributed by atoms with Gasteiger partial charge in [0.05, 0.1) is 27.0 Å². The molecule has 1 aromatic heterocycles. The number of imidazole rings is 1. The summed E-state index contributed by atoms with van der Waals surface area (Å²) in [5.41, 5.74) is 6.15. The summed E-state index contributed by atoms with van der Waals surface area (Å²) in [5, 5.41) is 0. The van der Waals surface area contributed by atoms with Crippen LogP contribution in [0.2, 0.25) is 0 Å². The van der Waals surface area contributed by atoms with Crippen molar-refractivity contribution >= 4 is 51.3 Å². The number of nitrogens with zero attached hydrogens (tertiary/aromatic N) is 2. The molecule has 2 rings (SSSR count). The minimum Gasteiger partial charge on any atom is -0.448 e. The predicted molar refractivity (Wildman–Crippen MR) is 77.5 cm³/mol. The van der Waals surface area contributed by atoms with Crippen LogP contribution in [0.4, 0.5) is 9.18 Å². The maximum Gasteiger partial charge on any atom is 0.404 e. The molecular weight excluding hydrogens is 387 g/mol. The Hall–Kier alpha value is -1.09. The summed E-state index contributed by atoms with van der Waals surface area (Å²) in [5.74, 6) is 0.445. The number of carbonyl (C=O) groups is 1. The minimum atomic E-state index is -0.849. The number of ether oxygens (including phenoxy) is 1. The molecule has 0 fully saturated rings. The number of rotatable bonds is 4. The van der Waals surface area contributed by atoms with Crippen molar-refractivity contribution < 1.29 is 13.9 Å². The molecule has 0 unspecified atom stereocenters. The maximum absolute atomic E-state index is 13.6. The van der Waals surface area contributed by atoms with Crippen molar-refractivity contribution in [3.05, 3.63) is 27.3 Å². The average molecular weight is 398 g/mol. The summed E-state index contributed by atoms with van der Waals surface area (Å²) in [7, 11) is 0. The minimum absolute atomic E-state index is 0.0816. The quantitative estimate of drug-likeness (QED) is 0.637. The number of hydrogen-bond donors (Lipinski definition) is 1. The van der Waals surface area contributed by atoms with Crippen LogP contribution >= 0.6 is 34.2 Å². The molecule has 0 saturated heterocycles. The number of alkyl halides is 1. The zero-order valence-electron chi connectivity index (χ0n) is 9.70. The first-order chi connectivity index (χ1) is 9.02. The number of fused-ring (bicyclic) bond motifs is 1. The number of carbonyl (C=O) groups excluding carboxylic acids is 1. The monoisotopic (exact) mass is 397 g/mol. The van der Waals surface area contributed by atoms with Crippen molar-refractivity contribution in [1.82, 2.24) is 9.55 Å². The predicted octanol–water partition coefficient (Wildman–Crippen LogP) is 2.61. The van der Waals surface area contributed by atoms with Gasteiger partial charge < -0.3 is 15.0 Å². The first-order valence-electron chi connectivity index (χ1n) is 5.35. The SMILES string of the molecule is NC(=O)OCCn1c(CCl)nc2cc(I)c(F)cc21. The highest BCUT2D eigenvalue weighted by Crippen LogP contribution is 2.22. The Morgan fingerprint density at radius 1 is 1.58 bits per heavy atom. The van der Waals surface area contributed by atoms with Crippen molar-refractivity contribution in [1.29, 1.82) is 0 Å². The fourth-order valence-electron chi connectivity index (χ4n) is 1.76. The van der Waals surface area contributed by atoms with Crippen LogP contribution in [0.3, 0.4) is 0 Å². The smallest absolute Gasteiger partial charge is 0.404 e. The van der Waals surface area contributed by atoms with Gasteiger partial charge in [-0.3, -0.25) is 0 Å². The fraction of sp³-hybridized carbons (Fsp3) is 0.273. The van der Waals surface area contributed by atoms with E-state index in [0.717, 1.165) is 0 Å². The Morgan fingerprint density at radius 3 is 2.95 bits per heavy atom. The summed E-state index contributed by atoms with van der Waals surface area (Å²) >= 11 is 7.71. The summed E-state index contributed by atoms with van der Waals surface area (Å²) in [4.78, 5) is 14.9. The van der Waals surface area contributed by atoms with Crippen LogP contribution in [0.5, 0.6) is 0 Å². The average Bonchev–Trinajstić information content (AvgIpc) is 2.67. The van der Waals surface area contributed by atoms with Crippen LogP contribution in [-0.4, -0.2) is 22.3 Å². The van der Waals surface area contributed by atoms with Crippen molar-refractivity contribution in [2.75, 3.05) is 6.61 Å². The van der Waals surface area contributed by atoms with Gasteiger partial charge in [-0.1, -0.05) is 0 Å². The van der Waals surface area contributed by atoms with E-state index in [0.29, 0.717) is 27.0 Å². The maximum atomic E-state index is 13.6. The van der Waals surface area contributed by atoms with Crippen LogP contribution in [0.15, 0.2) is 12.1 Å². The lowest BCUT2D eigenvalue weighted by Crippen LogP contribution is -2.17. The fourth-order valence-corrected chi connectivity index (χ4v) is 2.41. The van der Waals surface area contributed by atoms with Crippen molar-refractivity contribution in [3.63, 3.8) is 0 Å². The molecule has 0 aliphatic heterocycles. The lowest BCUT2D eigenvalue weighted by atomic mass is 10.3. The van der Waals surface area contributed by atoms with E-state index < -0.39 is 6.09 Å². The van der Waals surface area contributed by atoms with Crippen LogP contribution in [0, 0.1) is 9.39 Å². The highest BCUT2D eigenvalue weighted by molar-refractivity contribution is 14.1. The van der Waals surface area contributed by atoms with Crippen molar-refractivity contribution in [2.45, 2.75) is 12.4 Å². The molecule has 0 radical (unpaired) electrons. The molecular formula is C11H10ClFIN3O2. The molecule has 8 heteroatoms. The highest BCUT2D eigenvalue weighted by atomic mass is 127.